The summed E-state index contributed by atoms with van der Waals surface area (Å²) in [6, 6.07) is 10.1. The Hall–Kier alpha value is -0.900. The topological polar surface area (TPSA) is 44.5 Å². The number of hydrogen-bond acceptors (Lipinski definition) is 3. The lowest BCUT2D eigenvalue weighted by molar-refractivity contribution is -0.0794. The van der Waals surface area contributed by atoms with Gasteiger partial charge in [0.15, 0.2) is 0 Å². The Balaban J connectivity index is 1.92. The minimum atomic E-state index is -0.0835. The van der Waals surface area contributed by atoms with Crippen molar-refractivity contribution < 1.29 is 9.47 Å². The summed E-state index contributed by atoms with van der Waals surface area (Å²) in [5.41, 5.74) is 7.52. The van der Waals surface area contributed by atoms with Gasteiger partial charge in [-0.15, -0.1) is 0 Å². The van der Waals surface area contributed by atoms with Gasteiger partial charge in [0.05, 0.1) is 24.9 Å². The molecule has 0 amide bonds. The van der Waals surface area contributed by atoms with E-state index in [1.807, 2.05) is 18.2 Å². The molecular weight excluding hydrogens is 250 g/mol. The lowest BCUT2D eigenvalue weighted by atomic mass is 9.94. The highest BCUT2D eigenvalue weighted by molar-refractivity contribution is 5.19. The molecule has 2 N–H and O–H groups in total. The first-order chi connectivity index (χ1) is 9.68. The van der Waals surface area contributed by atoms with Crippen molar-refractivity contribution in [3.05, 3.63) is 35.9 Å². The monoisotopic (exact) mass is 277 g/mol. The summed E-state index contributed by atoms with van der Waals surface area (Å²) in [7, 11) is 0. The molecule has 0 bridgehead atoms. The molecule has 0 aliphatic carbocycles. The zero-order valence-corrected chi connectivity index (χ0v) is 12.6. The van der Waals surface area contributed by atoms with E-state index in [1.165, 1.54) is 12.8 Å². The third kappa shape index (κ3) is 4.30. The third-order valence-electron chi connectivity index (χ3n) is 3.94. The molecule has 1 aliphatic heterocycles. The molecule has 1 aliphatic rings. The van der Waals surface area contributed by atoms with Gasteiger partial charge < -0.3 is 15.2 Å². The van der Waals surface area contributed by atoms with E-state index in [2.05, 4.69) is 26.0 Å². The van der Waals surface area contributed by atoms with E-state index in [9.17, 15) is 0 Å². The smallest absolute Gasteiger partial charge is 0.0808 e. The van der Waals surface area contributed by atoms with Gasteiger partial charge in [-0.3, -0.25) is 0 Å². The van der Waals surface area contributed by atoms with Gasteiger partial charge >= 0.3 is 0 Å². The Labute approximate surface area is 122 Å². The lowest BCUT2D eigenvalue weighted by Gasteiger charge is -2.31. The summed E-state index contributed by atoms with van der Waals surface area (Å²) < 4.78 is 11.8. The molecule has 3 unspecified atom stereocenters. The minimum absolute atomic E-state index is 0.0305. The fraction of sp³-hybridized carbons (Fsp3) is 0.647. The van der Waals surface area contributed by atoms with Crippen LogP contribution in [0.2, 0.25) is 0 Å². The van der Waals surface area contributed by atoms with Crippen LogP contribution < -0.4 is 5.73 Å². The number of rotatable bonds is 6. The highest BCUT2D eigenvalue weighted by Crippen LogP contribution is 2.24. The molecule has 1 saturated heterocycles. The second-order valence-corrected chi connectivity index (χ2v) is 5.97. The molecule has 0 spiro atoms. The molecule has 3 nitrogen and oxygen atoms in total. The van der Waals surface area contributed by atoms with Crippen molar-refractivity contribution in [1.82, 2.24) is 0 Å². The molecule has 1 heterocycles. The maximum Gasteiger partial charge on any atom is 0.0808 e. The molecule has 1 fully saturated rings. The van der Waals surface area contributed by atoms with Crippen LogP contribution in [0.1, 0.15) is 44.7 Å². The van der Waals surface area contributed by atoms with Crippen LogP contribution >= 0.6 is 0 Å². The van der Waals surface area contributed by atoms with E-state index in [0.29, 0.717) is 12.5 Å². The number of benzene rings is 1. The molecule has 2 rings (SSSR count). The molecule has 1 aromatic carbocycles. The summed E-state index contributed by atoms with van der Waals surface area (Å²) in [6.07, 6.45) is 3.79. The predicted molar refractivity (Wildman–Crippen MR) is 81.5 cm³/mol. The van der Waals surface area contributed by atoms with Crippen molar-refractivity contribution >= 4 is 0 Å². The largest absolute Gasteiger partial charge is 0.376 e. The van der Waals surface area contributed by atoms with E-state index in [0.717, 1.165) is 18.6 Å². The van der Waals surface area contributed by atoms with Crippen LogP contribution in [0.5, 0.6) is 0 Å². The van der Waals surface area contributed by atoms with Crippen molar-refractivity contribution in [3.63, 3.8) is 0 Å². The highest BCUT2D eigenvalue weighted by atomic mass is 16.5. The summed E-state index contributed by atoms with van der Waals surface area (Å²) >= 11 is 0. The lowest BCUT2D eigenvalue weighted by Crippen LogP contribution is -2.36. The van der Waals surface area contributed by atoms with Gasteiger partial charge in [0.25, 0.3) is 0 Å². The Morgan fingerprint density at radius 1 is 1.25 bits per heavy atom. The SMILES string of the molecule is CC(C)C(OCC1CCCCO1)C(N)c1ccccc1. The minimum Gasteiger partial charge on any atom is -0.376 e. The molecule has 20 heavy (non-hydrogen) atoms. The number of hydrogen-bond donors (Lipinski definition) is 1. The standard InChI is InChI=1S/C17H27NO2/c1-13(2)17(16(18)14-8-4-3-5-9-14)20-12-15-10-6-7-11-19-15/h3-5,8-9,13,15-17H,6-7,10-12,18H2,1-2H3. The number of nitrogens with two attached hydrogens (primary N) is 1. The van der Waals surface area contributed by atoms with Crippen LogP contribution in [0.25, 0.3) is 0 Å². The van der Waals surface area contributed by atoms with Crippen molar-refractivity contribution in [2.24, 2.45) is 11.7 Å². The molecule has 0 saturated carbocycles. The zero-order chi connectivity index (χ0) is 14.4. The first kappa shape index (κ1) is 15.5. The summed E-state index contributed by atoms with van der Waals surface area (Å²) in [6.45, 7) is 5.85. The Bertz CT molecular complexity index is 374. The molecule has 3 atom stereocenters. The van der Waals surface area contributed by atoms with Gasteiger partial charge in [-0.1, -0.05) is 44.2 Å². The Morgan fingerprint density at radius 2 is 2.00 bits per heavy atom. The van der Waals surface area contributed by atoms with Crippen molar-refractivity contribution in [2.45, 2.75) is 51.4 Å². The first-order valence-electron chi connectivity index (χ1n) is 7.72. The molecule has 3 heteroatoms. The molecule has 0 aromatic heterocycles. The van der Waals surface area contributed by atoms with Gasteiger partial charge in [0.2, 0.25) is 0 Å². The van der Waals surface area contributed by atoms with E-state index < -0.39 is 0 Å². The van der Waals surface area contributed by atoms with Crippen LogP contribution in [0.3, 0.4) is 0 Å². The molecule has 0 radical (unpaired) electrons. The van der Waals surface area contributed by atoms with Crippen molar-refractivity contribution in [1.29, 1.82) is 0 Å². The van der Waals surface area contributed by atoms with Gasteiger partial charge in [-0.2, -0.15) is 0 Å². The fourth-order valence-electron chi connectivity index (χ4n) is 2.73. The maximum absolute atomic E-state index is 6.39. The first-order valence-corrected chi connectivity index (χ1v) is 7.72. The van der Waals surface area contributed by atoms with Crippen LogP contribution in [0.4, 0.5) is 0 Å². The second kappa shape index (κ2) is 7.77. The Kier molecular flexibility index (Phi) is 6.02. The highest BCUT2D eigenvalue weighted by Gasteiger charge is 2.25. The van der Waals surface area contributed by atoms with E-state index >= 15 is 0 Å². The normalized spacial score (nSPS) is 22.7. The summed E-state index contributed by atoms with van der Waals surface area (Å²) in [5.74, 6) is 0.383. The van der Waals surface area contributed by atoms with Gasteiger partial charge in [-0.25, -0.2) is 0 Å². The summed E-state index contributed by atoms with van der Waals surface area (Å²) in [4.78, 5) is 0. The molecule has 112 valence electrons. The van der Waals surface area contributed by atoms with Crippen molar-refractivity contribution in [3.8, 4) is 0 Å². The van der Waals surface area contributed by atoms with Crippen LogP contribution in [-0.4, -0.2) is 25.4 Å². The van der Waals surface area contributed by atoms with Gasteiger partial charge in [-0.05, 0) is 30.7 Å². The maximum atomic E-state index is 6.39. The van der Waals surface area contributed by atoms with Crippen LogP contribution in [0, 0.1) is 5.92 Å². The number of ether oxygens (including phenoxy) is 2. The second-order valence-electron chi connectivity index (χ2n) is 5.97. The van der Waals surface area contributed by atoms with Crippen LogP contribution in [0.15, 0.2) is 30.3 Å². The summed E-state index contributed by atoms with van der Waals surface area (Å²) in [5, 5.41) is 0. The third-order valence-corrected chi connectivity index (χ3v) is 3.94. The van der Waals surface area contributed by atoms with Gasteiger partial charge in [0, 0.05) is 6.61 Å². The Morgan fingerprint density at radius 3 is 2.60 bits per heavy atom. The molecular formula is C17H27NO2. The van der Waals surface area contributed by atoms with E-state index in [-0.39, 0.29) is 18.2 Å². The predicted octanol–water partition coefficient (Wildman–Crippen LogP) is 3.30. The van der Waals surface area contributed by atoms with E-state index in [4.69, 9.17) is 15.2 Å². The fourth-order valence-corrected chi connectivity index (χ4v) is 2.73. The van der Waals surface area contributed by atoms with Crippen LogP contribution in [-0.2, 0) is 9.47 Å². The average Bonchev–Trinajstić information content (AvgIpc) is 2.49. The molecule has 1 aromatic rings. The van der Waals surface area contributed by atoms with Gasteiger partial charge in [0.1, 0.15) is 0 Å². The average molecular weight is 277 g/mol. The zero-order valence-electron chi connectivity index (χ0n) is 12.6. The van der Waals surface area contributed by atoms with E-state index in [1.54, 1.807) is 0 Å². The van der Waals surface area contributed by atoms with Crippen molar-refractivity contribution in [2.75, 3.05) is 13.2 Å². The quantitative estimate of drug-likeness (QED) is 0.867.